The number of aryl methyl sites for hydroxylation is 4. The van der Waals surface area contributed by atoms with Gasteiger partial charge in [0.05, 0.1) is 42.8 Å². The number of carboxylic acid groups (broad SMARTS) is 4. The lowest BCUT2D eigenvalue weighted by Crippen LogP contribution is -2.41. The van der Waals surface area contributed by atoms with Gasteiger partial charge in [-0.05, 0) is 119 Å². The van der Waals surface area contributed by atoms with Crippen LogP contribution in [0.15, 0.2) is 138 Å². The summed E-state index contributed by atoms with van der Waals surface area (Å²) in [6, 6.07) is 21.7. The molecule has 352 valence electrons. The molecule has 0 amide bonds. The molecule has 3 aliphatic rings. The Balaban J connectivity index is 1.36. The summed E-state index contributed by atoms with van der Waals surface area (Å²) in [7, 11) is 0. The Hall–Kier alpha value is -8.08. The molecular formula is C52H42Cl2N8O8. The Kier molecular flexibility index (Phi) is 13.1. The van der Waals surface area contributed by atoms with Crippen LogP contribution in [0.5, 0.6) is 0 Å². The zero-order valence-electron chi connectivity index (χ0n) is 37.1. The monoisotopic (exact) mass is 976 g/mol. The van der Waals surface area contributed by atoms with Crippen LogP contribution in [0.2, 0.25) is 0 Å². The second-order valence-electron chi connectivity index (χ2n) is 16.8. The number of hydrogen-bond acceptors (Lipinski definition) is 10. The van der Waals surface area contributed by atoms with Gasteiger partial charge >= 0.3 is 23.9 Å². The minimum Gasteiger partial charge on any atom is -0.481 e. The molecule has 18 heteroatoms. The number of halogens is 2. The van der Waals surface area contributed by atoms with Crippen molar-refractivity contribution in [2.45, 2.75) is 61.2 Å². The highest BCUT2D eigenvalue weighted by atomic mass is 35.5. The lowest BCUT2D eigenvalue weighted by Gasteiger charge is -2.37. The molecule has 9 rings (SSSR count). The molecule has 2 atom stereocenters. The molecule has 0 saturated carbocycles. The third kappa shape index (κ3) is 9.64. The average molecular weight is 978 g/mol. The van der Waals surface area contributed by atoms with Crippen molar-refractivity contribution in [3.8, 4) is 0 Å². The molecule has 6 aromatic rings. The van der Waals surface area contributed by atoms with Crippen LogP contribution in [0, 0.1) is 0 Å². The number of H-pyrrole nitrogens is 2. The summed E-state index contributed by atoms with van der Waals surface area (Å²) >= 11 is 15.9. The molecule has 0 saturated heterocycles. The summed E-state index contributed by atoms with van der Waals surface area (Å²) in [5, 5.41) is 39.4. The number of aromatic nitrogens is 6. The van der Waals surface area contributed by atoms with Gasteiger partial charge in [-0.15, -0.1) is 11.6 Å². The minimum atomic E-state index is -1.78. The number of pyridine rings is 4. The summed E-state index contributed by atoms with van der Waals surface area (Å²) < 4.78 is 0. The van der Waals surface area contributed by atoms with Gasteiger partial charge in [0.25, 0.3) is 0 Å². The van der Waals surface area contributed by atoms with E-state index in [-0.39, 0.29) is 51.4 Å². The number of nitrogens with zero attached hydrogens (tertiary/aromatic N) is 6. The lowest BCUT2D eigenvalue weighted by molar-refractivity contribution is -0.138. The molecule has 70 heavy (non-hydrogen) atoms. The van der Waals surface area contributed by atoms with E-state index < -0.39 is 33.7 Å². The number of aromatic amines is 2. The second-order valence-corrected chi connectivity index (χ2v) is 17.9. The fraction of sp³-hybridized carbons (Fsp3) is 0.192. The van der Waals surface area contributed by atoms with E-state index in [1.807, 2.05) is 48.6 Å². The molecule has 6 aromatic heterocycles. The Morgan fingerprint density at radius 1 is 0.514 bits per heavy atom. The molecular weight excluding hydrogens is 936 g/mol. The standard InChI is InChI=1S/C52H42Cl2N8O8/c53-51-20-15-42(62-51)50(31-18-23-57-35(27-31)3-13-46(67)68)40-8-7-38(60-40)48(29-16-21-55-33(25-29)1-11-44(63)64)37-5-6-39(59-37)49(30-17-22-56-34(26-30)2-12-45(65)66)41-9-10-43(61-41)52(51,54)32-19-24-58-36(28-32)4-14-47(69)70/h5-10,15-28,60-61H,1-4,11-14H2,(H,63,64)(H,65,66)(H,67,68)(H,69,70). The quantitative estimate of drug-likeness (QED) is 0.0461. The third-order valence-electron chi connectivity index (χ3n) is 12.1. The van der Waals surface area contributed by atoms with Crippen molar-refractivity contribution in [1.29, 1.82) is 0 Å². The van der Waals surface area contributed by atoms with Gasteiger partial charge < -0.3 is 30.4 Å². The number of allylic oxidation sites excluding steroid dienone is 3. The molecule has 16 nitrogen and oxygen atoms in total. The SMILES string of the molecule is O=C(O)CCc1cc(C2=C3C=CC(=N3)C(c3ccnc(CCC(=O)O)c3)=c3ccc([nH]3)=C(c3ccnc(CCC(=O)O)c3)C3=NC(Cl)(C=C3)C(Cl)(c3ccnc(CCC(=O)O)c3)c3ccc2[nH]3)ccn1. The first-order chi connectivity index (χ1) is 33.7. The number of nitrogens with one attached hydrogen (secondary N) is 2. The molecule has 0 aliphatic carbocycles. The normalized spacial score (nSPS) is 18.3. The number of aliphatic carboxylic acids is 4. The van der Waals surface area contributed by atoms with Crippen molar-refractivity contribution in [3.63, 3.8) is 0 Å². The smallest absolute Gasteiger partial charge is 0.303 e. The van der Waals surface area contributed by atoms with E-state index >= 15 is 0 Å². The van der Waals surface area contributed by atoms with E-state index in [1.54, 1.807) is 73.3 Å². The maximum Gasteiger partial charge on any atom is 0.303 e. The maximum absolute atomic E-state index is 11.7. The van der Waals surface area contributed by atoms with Crippen LogP contribution in [0.3, 0.4) is 0 Å². The van der Waals surface area contributed by atoms with Crippen molar-refractivity contribution in [1.82, 2.24) is 29.9 Å². The summed E-state index contributed by atoms with van der Waals surface area (Å²) in [5.41, 5.74) is 8.87. The first kappa shape index (κ1) is 47.0. The number of carbonyl (C=O) groups is 4. The Morgan fingerprint density at radius 3 is 1.50 bits per heavy atom. The van der Waals surface area contributed by atoms with Gasteiger partial charge in [0.15, 0.2) is 9.87 Å². The topological polar surface area (TPSA) is 257 Å². The van der Waals surface area contributed by atoms with Crippen molar-refractivity contribution in [2.75, 3.05) is 0 Å². The summed E-state index contributed by atoms with van der Waals surface area (Å²) in [5.74, 6) is -3.89. The van der Waals surface area contributed by atoms with E-state index in [4.69, 9.17) is 33.2 Å². The van der Waals surface area contributed by atoms with Crippen molar-refractivity contribution < 1.29 is 39.6 Å². The molecule has 9 heterocycles. The van der Waals surface area contributed by atoms with Crippen LogP contribution in [-0.2, 0) is 49.7 Å². The predicted octanol–water partition coefficient (Wildman–Crippen LogP) is 6.30. The van der Waals surface area contributed by atoms with Crippen molar-refractivity contribution in [2.24, 2.45) is 9.98 Å². The zero-order chi connectivity index (χ0) is 49.2. The van der Waals surface area contributed by atoms with Gasteiger partial charge in [0.1, 0.15) is 0 Å². The number of hydrogen-bond donors (Lipinski definition) is 6. The first-order valence-corrected chi connectivity index (χ1v) is 22.9. The number of aliphatic imine (C=N–C) groups is 2. The second kappa shape index (κ2) is 19.5. The maximum atomic E-state index is 11.7. The van der Waals surface area contributed by atoms with E-state index in [2.05, 4.69) is 29.9 Å². The van der Waals surface area contributed by atoms with Crippen LogP contribution >= 0.6 is 23.2 Å². The molecule has 0 radical (unpaired) electrons. The fourth-order valence-corrected chi connectivity index (χ4v) is 9.49. The highest BCUT2D eigenvalue weighted by molar-refractivity contribution is 6.40. The van der Waals surface area contributed by atoms with Gasteiger partial charge in [-0.2, -0.15) is 0 Å². The largest absolute Gasteiger partial charge is 0.481 e. The van der Waals surface area contributed by atoms with Crippen LogP contribution < -0.4 is 10.7 Å². The van der Waals surface area contributed by atoms with Crippen LogP contribution in [0.4, 0.5) is 0 Å². The van der Waals surface area contributed by atoms with E-state index in [0.29, 0.717) is 101 Å². The summed E-state index contributed by atoms with van der Waals surface area (Å²) in [4.78, 5) is 78.7. The van der Waals surface area contributed by atoms with Gasteiger partial charge in [-0.25, -0.2) is 4.99 Å². The fourth-order valence-electron chi connectivity index (χ4n) is 8.79. The number of rotatable bonds is 16. The average Bonchev–Trinajstić information content (AvgIpc) is 4.19. The molecule has 8 bridgehead atoms. The van der Waals surface area contributed by atoms with Crippen LogP contribution in [-0.4, -0.2) is 90.6 Å². The highest BCUT2D eigenvalue weighted by Crippen LogP contribution is 2.53. The predicted molar refractivity (Wildman–Crippen MR) is 261 cm³/mol. The van der Waals surface area contributed by atoms with Crippen LogP contribution in [0.1, 0.15) is 82.1 Å². The molecule has 0 spiro atoms. The van der Waals surface area contributed by atoms with Crippen molar-refractivity contribution in [3.05, 3.63) is 195 Å². The minimum absolute atomic E-state index is 0.114. The number of alkyl halides is 2. The van der Waals surface area contributed by atoms with Gasteiger partial charge in [0, 0.05) is 112 Å². The molecule has 0 aromatic carbocycles. The molecule has 0 fully saturated rings. The Bertz CT molecular complexity index is 3420. The Labute approximate surface area is 409 Å². The van der Waals surface area contributed by atoms with Crippen molar-refractivity contribution >= 4 is 75.2 Å². The summed E-state index contributed by atoms with van der Waals surface area (Å²) in [6.07, 6.45) is 13.7. The number of carboxylic acids is 4. The van der Waals surface area contributed by atoms with Gasteiger partial charge in [-0.1, -0.05) is 11.6 Å². The molecule has 2 unspecified atom stereocenters. The van der Waals surface area contributed by atoms with Crippen LogP contribution in [0.25, 0.3) is 16.7 Å². The van der Waals surface area contributed by atoms with E-state index in [1.165, 1.54) is 0 Å². The van der Waals surface area contributed by atoms with E-state index in [9.17, 15) is 39.6 Å². The molecule has 3 aliphatic heterocycles. The van der Waals surface area contributed by atoms with E-state index in [0.717, 1.165) is 0 Å². The lowest BCUT2D eigenvalue weighted by atomic mass is 9.87. The molecule has 6 N–H and O–H groups in total. The third-order valence-corrected chi connectivity index (χ3v) is 13.4. The summed E-state index contributed by atoms with van der Waals surface area (Å²) in [6.45, 7) is 0. The zero-order valence-corrected chi connectivity index (χ0v) is 38.6. The van der Waals surface area contributed by atoms with Gasteiger partial charge in [0.2, 0.25) is 0 Å². The first-order valence-electron chi connectivity index (χ1n) is 22.2. The van der Waals surface area contributed by atoms with Gasteiger partial charge in [-0.3, -0.25) is 44.1 Å². The Morgan fingerprint density at radius 2 is 0.986 bits per heavy atom. The number of fused-ring (bicyclic) bond motifs is 6. The highest BCUT2D eigenvalue weighted by Gasteiger charge is 2.54.